The van der Waals surface area contributed by atoms with Crippen molar-refractivity contribution in [1.29, 1.82) is 0 Å². The van der Waals surface area contributed by atoms with Crippen LogP contribution in [0.2, 0.25) is 5.02 Å². The fourth-order valence-corrected chi connectivity index (χ4v) is 1.87. The zero-order valence-corrected chi connectivity index (χ0v) is 12.2. The van der Waals surface area contributed by atoms with Gasteiger partial charge in [-0.15, -0.1) is 0 Å². The van der Waals surface area contributed by atoms with E-state index in [1.54, 1.807) is 6.92 Å². The third-order valence-electron chi connectivity index (χ3n) is 2.44. The molecular formula is C13H17ClN2O4. The highest BCUT2D eigenvalue weighted by Gasteiger charge is 2.19. The second-order valence-corrected chi connectivity index (χ2v) is 4.47. The normalized spacial score (nSPS) is 10.2. The van der Waals surface area contributed by atoms with Gasteiger partial charge in [0.25, 0.3) is 5.91 Å². The molecule has 1 amide bonds. The monoisotopic (exact) mass is 300 g/mol. The number of aliphatic carboxylic acids is 1. The molecule has 0 aliphatic carbocycles. The number of carboxylic acids is 1. The van der Waals surface area contributed by atoms with Gasteiger partial charge in [0.2, 0.25) is 5.88 Å². The molecule has 110 valence electrons. The summed E-state index contributed by atoms with van der Waals surface area (Å²) in [6, 6.07) is 1.44. The Bertz CT molecular complexity index is 493. The molecule has 0 saturated heterocycles. The minimum absolute atomic E-state index is 0.226. The quantitative estimate of drug-likeness (QED) is 0.834. The molecule has 6 nitrogen and oxygen atoms in total. The topological polar surface area (TPSA) is 79.7 Å². The van der Waals surface area contributed by atoms with Crippen molar-refractivity contribution in [1.82, 2.24) is 9.88 Å². The van der Waals surface area contributed by atoms with Gasteiger partial charge in [-0.25, -0.2) is 4.98 Å². The molecule has 7 heteroatoms. The number of halogens is 1. The van der Waals surface area contributed by atoms with Crippen molar-refractivity contribution in [2.45, 2.75) is 20.3 Å². The zero-order valence-electron chi connectivity index (χ0n) is 11.4. The van der Waals surface area contributed by atoms with E-state index in [2.05, 4.69) is 4.98 Å². The van der Waals surface area contributed by atoms with E-state index in [0.29, 0.717) is 19.6 Å². The molecule has 0 atom stereocenters. The van der Waals surface area contributed by atoms with Crippen LogP contribution in [0.25, 0.3) is 0 Å². The van der Waals surface area contributed by atoms with Crippen molar-refractivity contribution >= 4 is 23.5 Å². The number of carbonyl (C=O) groups excluding carboxylic acids is 1. The van der Waals surface area contributed by atoms with Gasteiger partial charge in [0, 0.05) is 12.7 Å². The van der Waals surface area contributed by atoms with Crippen LogP contribution in [-0.4, -0.2) is 46.6 Å². The van der Waals surface area contributed by atoms with Crippen LogP contribution in [0, 0.1) is 0 Å². The van der Waals surface area contributed by atoms with Crippen LogP contribution in [-0.2, 0) is 4.79 Å². The highest BCUT2D eigenvalue weighted by atomic mass is 35.5. The fourth-order valence-electron chi connectivity index (χ4n) is 1.65. The van der Waals surface area contributed by atoms with E-state index >= 15 is 0 Å². The number of carboxylic acid groups (broad SMARTS) is 1. The summed E-state index contributed by atoms with van der Waals surface area (Å²) in [6.45, 7) is 4.09. The van der Waals surface area contributed by atoms with Crippen LogP contribution in [0.15, 0.2) is 12.3 Å². The predicted molar refractivity (Wildman–Crippen MR) is 74.2 cm³/mol. The Balaban J connectivity index is 2.93. The maximum absolute atomic E-state index is 12.2. The molecule has 1 rings (SSSR count). The lowest BCUT2D eigenvalue weighted by Gasteiger charge is -2.20. The molecule has 0 spiro atoms. The molecule has 1 heterocycles. The van der Waals surface area contributed by atoms with Crippen molar-refractivity contribution < 1.29 is 19.4 Å². The third-order valence-corrected chi connectivity index (χ3v) is 2.71. The molecule has 0 radical (unpaired) electrons. The minimum atomic E-state index is -1.06. The SMILES string of the molecule is CCCN(CC(=O)O)C(=O)c1cnc(OCC)c(Cl)c1. The first-order valence-corrected chi connectivity index (χ1v) is 6.66. The summed E-state index contributed by atoms with van der Waals surface area (Å²) < 4.78 is 5.18. The number of ether oxygens (including phenoxy) is 1. The van der Waals surface area contributed by atoms with Crippen LogP contribution in [0.5, 0.6) is 5.88 Å². The average Bonchev–Trinajstić information content (AvgIpc) is 2.39. The summed E-state index contributed by atoms with van der Waals surface area (Å²) in [5.41, 5.74) is 0.244. The van der Waals surface area contributed by atoms with E-state index in [9.17, 15) is 9.59 Å². The summed E-state index contributed by atoms with van der Waals surface area (Å²) in [5, 5.41) is 9.05. The molecule has 0 bridgehead atoms. The minimum Gasteiger partial charge on any atom is -0.480 e. The third kappa shape index (κ3) is 4.38. The summed E-state index contributed by atoms with van der Waals surface area (Å²) in [7, 11) is 0. The maximum Gasteiger partial charge on any atom is 0.323 e. The summed E-state index contributed by atoms with van der Waals surface area (Å²) in [4.78, 5) is 28.2. The van der Waals surface area contributed by atoms with Gasteiger partial charge in [-0.3, -0.25) is 9.59 Å². The number of pyridine rings is 1. The number of rotatable bonds is 7. The number of carbonyl (C=O) groups is 2. The molecule has 0 saturated carbocycles. The van der Waals surface area contributed by atoms with E-state index in [1.165, 1.54) is 17.2 Å². The van der Waals surface area contributed by atoms with Crippen molar-refractivity contribution in [3.8, 4) is 5.88 Å². The second-order valence-electron chi connectivity index (χ2n) is 4.06. The lowest BCUT2D eigenvalue weighted by atomic mass is 10.2. The van der Waals surface area contributed by atoms with Gasteiger partial charge in [-0.2, -0.15) is 0 Å². The highest BCUT2D eigenvalue weighted by molar-refractivity contribution is 6.32. The van der Waals surface area contributed by atoms with Crippen LogP contribution >= 0.6 is 11.6 Å². The van der Waals surface area contributed by atoms with Crippen LogP contribution in [0.4, 0.5) is 0 Å². The average molecular weight is 301 g/mol. The second kappa shape index (κ2) is 7.69. The van der Waals surface area contributed by atoms with Crippen LogP contribution in [0.1, 0.15) is 30.6 Å². The molecule has 1 aromatic heterocycles. The van der Waals surface area contributed by atoms with Gasteiger partial charge < -0.3 is 14.7 Å². The van der Waals surface area contributed by atoms with E-state index < -0.39 is 11.9 Å². The number of aromatic nitrogens is 1. The van der Waals surface area contributed by atoms with Crippen LogP contribution in [0.3, 0.4) is 0 Å². The largest absolute Gasteiger partial charge is 0.480 e. The Hall–Kier alpha value is -1.82. The molecule has 0 aromatic carbocycles. The Labute approximate surface area is 122 Å². The number of amides is 1. The Morgan fingerprint density at radius 1 is 1.45 bits per heavy atom. The summed E-state index contributed by atoms with van der Waals surface area (Å²) in [5.74, 6) is -1.21. The first-order valence-electron chi connectivity index (χ1n) is 6.29. The van der Waals surface area contributed by atoms with Crippen LogP contribution < -0.4 is 4.74 Å². The molecular weight excluding hydrogens is 284 g/mol. The molecule has 0 aliphatic rings. The molecule has 0 aliphatic heterocycles. The van der Waals surface area contributed by atoms with Crippen molar-refractivity contribution in [2.24, 2.45) is 0 Å². The standard InChI is InChI=1S/C13H17ClN2O4/c1-3-5-16(8-11(17)18)13(19)9-6-10(14)12(15-7-9)20-4-2/h6-7H,3-5,8H2,1-2H3,(H,17,18). The molecule has 1 N–H and O–H groups in total. The molecule has 0 unspecified atom stereocenters. The Morgan fingerprint density at radius 3 is 2.65 bits per heavy atom. The Kier molecular flexibility index (Phi) is 6.24. The molecule has 20 heavy (non-hydrogen) atoms. The first-order chi connectivity index (χ1) is 9.49. The lowest BCUT2D eigenvalue weighted by Crippen LogP contribution is -2.36. The first kappa shape index (κ1) is 16.2. The summed E-state index contributed by atoms with van der Waals surface area (Å²) in [6.07, 6.45) is 2.00. The van der Waals surface area contributed by atoms with E-state index in [1.807, 2.05) is 6.92 Å². The van der Waals surface area contributed by atoms with E-state index in [4.69, 9.17) is 21.4 Å². The maximum atomic E-state index is 12.2. The predicted octanol–water partition coefficient (Wildman–Crippen LogP) is 2.07. The van der Waals surface area contributed by atoms with E-state index in [0.717, 1.165) is 0 Å². The van der Waals surface area contributed by atoms with Gasteiger partial charge in [0.05, 0.1) is 12.2 Å². The number of nitrogens with zero attached hydrogens (tertiary/aromatic N) is 2. The van der Waals surface area contributed by atoms with Crippen molar-refractivity contribution in [3.05, 3.63) is 22.8 Å². The van der Waals surface area contributed by atoms with Gasteiger partial charge in [0.15, 0.2) is 0 Å². The van der Waals surface area contributed by atoms with Gasteiger partial charge >= 0.3 is 5.97 Å². The molecule has 1 aromatic rings. The number of hydrogen-bond donors (Lipinski definition) is 1. The lowest BCUT2D eigenvalue weighted by molar-refractivity contribution is -0.137. The zero-order chi connectivity index (χ0) is 15.1. The fraction of sp³-hybridized carbons (Fsp3) is 0.462. The van der Waals surface area contributed by atoms with Crippen molar-refractivity contribution in [3.63, 3.8) is 0 Å². The van der Waals surface area contributed by atoms with Gasteiger partial charge in [-0.1, -0.05) is 18.5 Å². The Morgan fingerprint density at radius 2 is 2.15 bits per heavy atom. The smallest absolute Gasteiger partial charge is 0.323 e. The van der Waals surface area contributed by atoms with Gasteiger partial charge in [0.1, 0.15) is 11.6 Å². The summed E-state index contributed by atoms with van der Waals surface area (Å²) >= 11 is 5.97. The number of hydrogen-bond acceptors (Lipinski definition) is 4. The van der Waals surface area contributed by atoms with Crippen molar-refractivity contribution in [2.75, 3.05) is 19.7 Å². The highest BCUT2D eigenvalue weighted by Crippen LogP contribution is 2.23. The molecule has 0 fully saturated rings. The van der Waals surface area contributed by atoms with Gasteiger partial charge in [-0.05, 0) is 19.4 Å². The van der Waals surface area contributed by atoms with E-state index in [-0.39, 0.29) is 23.0 Å².